The molecular weight excluding hydrogens is 401 g/mol. The predicted octanol–water partition coefficient (Wildman–Crippen LogP) is 4.62. The summed E-state index contributed by atoms with van der Waals surface area (Å²) in [6, 6.07) is 12.4. The van der Waals surface area contributed by atoms with Crippen LogP contribution >= 0.6 is 22.6 Å². The highest BCUT2D eigenvalue weighted by Gasteiger charge is 2.12. The summed E-state index contributed by atoms with van der Waals surface area (Å²) in [5.41, 5.74) is 3.47. The minimum Gasteiger partial charge on any atom is -0.490 e. The molecule has 0 aromatic heterocycles. The monoisotopic (exact) mass is 421 g/mol. The van der Waals surface area contributed by atoms with Gasteiger partial charge < -0.3 is 14.8 Å². The van der Waals surface area contributed by atoms with Crippen molar-refractivity contribution < 1.29 is 9.47 Å². The molecule has 120 valence electrons. The number of ether oxygens (including phenoxy) is 2. The van der Waals surface area contributed by atoms with E-state index in [0.29, 0.717) is 18.9 Å². The maximum absolute atomic E-state index is 5.70. The molecule has 0 heterocycles. The molecular formula is C19H20INO2. The molecule has 0 aliphatic heterocycles. The standard InChI is InChI=1S/C19H20INO2/c1-4-10-23-19-17(20)11-15(12-18(19)22-5-2)13-21-16-8-6-14(3)7-9-16/h1,6-9,11-12,21H,5,10,13H2,2-3H3. The molecule has 2 aromatic rings. The number of rotatable bonds is 7. The van der Waals surface area contributed by atoms with Crippen LogP contribution in [0.2, 0.25) is 0 Å². The van der Waals surface area contributed by atoms with Gasteiger partial charge in [-0.1, -0.05) is 23.6 Å². The van der Waals surface area contributed by atoms with Gasteiger partial charge in [0.25, 0.3) is 0 Å². The number of aryl methyl sites for hydroxylation is 1. The number of hydrogen-bond acceptors (Lipinski definition) is 3. The van der Waals surface area contributed by atoms with Crippen molar-refractivity contribution >= 4 is 28.3 Å². The molecule has 0 radical (unpaired) electrons. The molecule has 0 bridgehead atoms. The van der Waals surface area contributed by atoms with Crippen LogP contribution in [0.3, 0.4) is 0 Å². The first-order valence-corrected chi connectivity index (χ1v) is 8.54. The second kappa shape index (κ2) is 8.68. The van der Waals surface area contributed by atoms with Gasteiger partial charge in [0.1, 0.15) is 6.61 Å². The molecule has 4 heteroatoms. The Balaban J connectivity index is 2.15. The Hall–Kier alpha value is -1.87. The molecule has 0 amide bonds. The van der Waals surface area contributed by atoms with Crippen LogP contribution < -0.4 is 14.8 Å². The highest BCUT2D eigenvalue weighted by Crippen LogP contribution is 2.34. The normalized spacial score (nSPS) is 10.0. The fourth-order valence-electron chi connectivity index (χ4n) is 2.12. The summed E-state index contributed by atoms with van der Waals surface area (Å²) >= 11 is 2.25. The zero-order chi connectivity index (χ0) is 16.7. The molecule has 0 fully saturated rings. The molecule has 1 N–H and O–H groups in total. The third kappa shape index (κ3) is 5.07. The summed E-state index contributed by atoms with van der Waals surface area (Å²) in [5, 5.41) is 3.42. The third-order valence-corrected chi connectivity index (χ3v) is 4.02. The van der Waals surface area contributed by atoms with Gasteiger partial charge in [-0.25, -0.2) is 0 Å². The molecule has 2 rings (SSSR count). The lowest BCUT2D eigenvalue weighted by Crippen LogP contribution is -2.04. The Morgan fingerprint density at radius 1 is 1.17 bits per heavy atom. The Morgan fingerprint density at radius 2 is 1.91 bits per heavy atom. The molecule has 2 aromatic carbocycles. The largest absolute Gasteiger partial charge is 0.490 e. The highest BCUT2D eigenvalue weighted by atomic mass is 127. The van der Waals surface area contributed by atoms with Crippen molar-refractivity contribution in [1.82, 2.24) is 0 Å². The Morgan fingerprint density at radius 3 is 2.57 bits per heavy atom. The average Bonchev–Trinajstić information content (AvgIpc) is 2.54. The van der Waals surface area contributed by atoms with Gasteiger partial charge in [0, 0.05) is 12.2 Å². The number of halogens is 1. The van der Waals surface area contributed by atoms with E-state index < -0.39 is 0 Å². The summed E-state index contributed by atoms with van der Waals surface area (Å²) < 4.78 is 12.3. The topological polar surface area (TPSA) is 30.5 Å². The van der Waals surface area contributed by atoms with Crippen LogP contribution in [0.4, 0.5) is 5.69 Å². The van der Waals surface area contributed by atoms with Crippen molar-refractivity contribution in [3.05, 3.63) is 51.1 Å². The van der Waals surface area contributed by atoms with Crippen LogP contribution in [0.25, 0.3) is 0 Å². The molecule has 0 aliphatic carbocycles. The minimum atomic E-state index is 0.233. The second-order valence-electron chi connectivity index (χ2n) is 5.05. The van der Waals surface area contributed by atoms with Gasteiger partial charge >= 0.3 is 0 Å². The number of nitrogens with one attached hydrogen (secondary N) is 1. The number of hydrogen-bond donors (Lipinski definition) is 1. The van der Waals surface area contributed by atoms with Crippen molar-refractivity contribution in [2.75, 3.05) is 18.5 Å². The summed E-state index contributed by atoms with van der Waals surface area (Å²) in [5.74, 6) is 3.93. The third-order valence-electron chi connectivity index (χ3n) is 3.22. The van der Waals surface area contributed by atoms with E-state index in [1.807, 2.05) is 13.0 Å². The number of anilines is 1. The van der Waals surface area contributed by atoms with Crippen molar-refractivity contribution in [3.63, 3.8) is 0 Å². The van der Waals surface area contributed by atoms with E-state index >= 15 is 0 Å². The van der Waals surface area contributed by atoms with Gasteiger partial charge in [0.2, 0.25) is 0 Å². The van der Waals surface area contributed by atoms with E-state index in [1.54, 1.807) is 0 Å². The lowest BCUT2D eigenvalue weighted by molar-refractivity contribution is 0.297. The van der Waals surface area contributed by atoms with Gasteiger partial charge in [-0.05, 0) is 66.3 Å². The van der Waals surface area contributed by atoms with Crippen LogP contribution in [0.1, 0.15) is 18.1 Å². The van der Waals surface area contributed by atoms with Crippen molar-refractivity contribution in [2.45, 2.75) is 20.4 Å². The van der Waals surface area contributed by atoms with Gasteiger partial charge in [-0.2, -0.15) is 0 Å². The van der Waals surface area contributed by atoms with Crippen LogP contribution in [0.5, 0.6) is 11.5 Å². The van der Waals surface area contributed by atoms with Crippen LogP contribution in [-0.4, -0.2) is 13.2 Å². The number of benzene rings is 2. The van der Waals surface area contributed by atoms with Crippen molar-refractivity contribution in [1.29, 1.82) is 0 Å². The lowest BCUT2D eigenvalue weighted by Gasteiger charge is -2.15. The molecule has 0 spiro atoms. The van der Waals surface area contributed by atoms with Crippen LogP contribution in [0.15, 0.2) is 36.4 Å². The Kier molecular flexibility index (Phi) is 6.60. The first-order valence-electron chi connectivity index (χ1n) is 7.46. The quantitative estimate of drug-likeness (QED) is 0.523. The van der Waals surface area contributed by atoms with E-state index in [0.717, 1.165) is 20.6 Å². The van der Waals surface area contributed by atoms with Crippen molar-refractivity contribution in [3.8, 4) is 23.8 Å². The average molecular weight is 421 g/mol. The lowest BCUT2D eigenvalue weighted by atomic mass is 10.2. The van der Waals surface area contributed by atoms with Crippen molar-refractivity contribution in [2.24, 2.45) is 0 Å². The zero-order valence-electron chi connectivity index (χ0n) is 13.4. The van der Waals surface area contributed by atoms with E-state index in [2.05, 4.69) is 71.1 Å². The molecule has 23 heavy (non-hydrogen) atoms. The summed E-state index contributed by atoms with van der Waals surface area (Å²) in [4.78, 5) is 0. The maximum Gasteiger partial charge on any atom is 0.175 e. The van der Waals surface area contributed by atoms with Crippen LogP contribution in [0, 0.1) is 22.8 Å². The van der Waals surface area contributed by atoms with Gasteiger partial charge in [-0.3, -0.25) is 0 Å². The fraction of sp³-hybridized carbons (Fsp3) is 0.263. The van der Waals surface area contributed by atoms with E-state index in [9.17, 15) is 0 Å². The summed E-state index contributed by atoms with van der Waals surface area (Å²) in [7, 11) is 0. The highest BCUT2D eigenvalue weighted by molar-refractivity contribution is 14.1. The number of terminal acetylenes is 1. The van der Waals surface area contributed by atoms with Gasteiger partial charge in [0.15, 0.2) is 11.5 Å². The van der Waals surface area contributed by atoms with Gasteiger partial charge in [0.05, 0.1) is 10.2 Å². The second-order valence-corrected chi connectivity index (χ2v) is 6.21. The molecule has 0 unspecified atom stereocenters. The molecule has 0 atom stereocenters. The first kappa shape index (κ1) is 17.5. The zero-order valence-corrected chi connectivity index (χ0v) is 15.5. The summed E-state index contributed by atoms with van der Waals surface area (Å²) in [6.07, 6.45) is 5.27. The predicted molar refractivity (Wildman–Crippen MR) is 103 cm³/mol. The Bertz CT molecular complexity index is 690. The van der Waals surface area contributed by atoms with Crippen LogP contribution in [-0.2, 0) is 6.54 Å². The molecule has 0 saturated heterocycles. The molecule has 0 saturated carbocycles. The first-order chi connectivity index (χ1) is 11.1. The van der Waals surface area contributed by atoms with E-state index in [-0.39, 0.29) is 6.61 Å². The SMILES string of the molecule is C#CCOc1c(I)cc(CNc2ccc(C)cc2)cc1OCC. The smallest absolute Gasteiger partial charge is 0.175 e. The molecule has 0 aliphatic rings. The minimum absolute atomic E-state index is 0.233. The summed E-state index contributed by atoms with van der Waals surface area (Å²) in [6.45, 7) is 5.56. The fourth-order valence-corrected chi connectivity index (χ4v) is 2.94. The molecule has 3 nitrogen and oxygen atoms in total. The van der Waals surface area contributed by atoms with E-state index in [4.69, 9.17) is 15.9 Å². The van der Waals surface area contributed by atoms with Gasteiger partial charge in [-0.15, -0.1) is 6.42 Å². The maximum atomic E-state index is 5.70. The van der Waals surface area contributed by atoms with E-state index in [1.165, 1.54) is 5.56 Å². The Labute approximate surface area is 151 Å².